The first-order chi connectivity index (χ1) is 11.1. The van der Waals surface area contributed by atoms with Gasteiger partial charge in [0.2, 0.25) is 0 Å². The van der Waals surface area contributed by atoms with Crippen molar-refractivity contribution < 1.29 is 10.0 Å². The Bertz CT molecular complexity index is 878. The van der Waals surface area contributed by atoms with E-state index >= 15 is 0 Å². The van der Waals surface area contributed by atoms with E-state index in [0.29, 0.717) is 5.56 Å². The highest BCUT2D eigenvalue weighted by Gasteiger charge is 2.18. The first-order valence-corrected chi connectivity index (χ1v) is 6.26. The molecule has 0 aliphatic rings. The number of rotatable bonds is 4. The summed E-state index contributed by atoms with van der Waals surface area (Å²) in [4.78, 5) is 10.4. The van der Waals surface area contributed by atoms with Crippen molar-refractivity contribution in [2.75, 3.05) is 5.43 Å². The molecule has 2 N–H and O–H groups in total. The summed E-state index contributed by atoms with van der Waals surface area (Å²) >= 11 is 0. The first-order valence-electron chi connectivity index (χ1n) is 6.26. The van der Waals surface area contributed by atoms with Crippen LogP contribution in [0.5, 0.6) is 5.75 Å². The molecule has 0 saturated carbocycles. The zero-order valence-electron chi connectivity index (χ0n) is 11.6. The fraction of sp³-hybridized carbons (Fsp3) is 0. The fourth-order valence-electron chi connectivity index (χ4n) is 1.78. The molecule has 0 bridgehead atoms. The van der Waals surface area contributed by atoms with Gasteiger partial charge in [-0.15, -0.1) is 0 Å². The molecule has 0 fully saturated rings. The van der Waals surface area contributed by atoms with Crippen LogP contribution in [0.1, 0.15) is 16.7 Å². The summed E-state index contributed by atoms with van der Waals surface area (Å²) in [6.45, 7) is 0. The summed E-state index contributed by atoms with van der Waals surface area (Å²) in [7, 11) is 0. The fourth-order valence-corrected chi connectivity index (χ4v) is 1.78. The van der Waals surface area contributed by atoms with Crippen LogP contribution in [0, 0.1) is 32.8 Å². The second-order valence-electron chi connectivity index (χ2n) is 4.32. The minimum Gasteiger partial charge on any atom is -0.507 e. The zero-order valence-corrected chi connectivity index (χ0v) is 11.6. The van der Waals surface area contributed by atoms with Crippen LogP contribution < -0.4 is 5.43 Å². The van der Waals surface area contributed by atoms with Gasteiger partial charge < -0.3 is 5.11 Å². The quantitative estimate of drug-likeness (QED) is 0.506. The third-order valence-corrected chi connectivity index (χ3v) is 2.90. The molecule has 8 heteroatoms. The Morgan fingerprint density at radius 1 is 1.22 bits per heavy atom. The lowest BCUT2D eigenvalue weighted by Crippen LogP contribution is -1.99. The van der Waals surface area contributed by atoms with E-state index in [1.54, 1.807) is 30.3 Å². The largest absolute Gasteiger partial charge is 0.507 e. The molecular formula is C15H9N5O3. The molecule has 8 nitrogen and oxygen atoms in total. The van der Waals surface area contributed by atoms with Gasteiger partial charge in [0.1, 0.15) is 23.6 Å². The van der Waals surface area contributed by atoms with Gasteiger partial charge in [-0.1, -0.05) is 12.1 Å². The summed E-state index contributed by atoms with van der Waals surface area (Å²) < 4.78 is 0. The number of hydrogen-bond donors (Lipinski definition) is 2. The van der Waals surface area contributed by atoms with Gasteiger partial charge in [0, 0.05) is 11.6 Å². The number of aromatic hydroxyl groups is 1. The lowest BCUT2D eigenvalue weighted by molar-refractivity contribution is -0.384. The third-order valence-electron chi connectivity index (χ3n) is 2.90. The van der Waals surface area contributed by atoms with Crippen molar-refractivity contribution >= 4 is 17.6 Å². The van der Waals surface area contributed by atoms with Crippen LogP contribution >= 0.6 is 0 Å². The first kappa shape index (κ1) is 15.5. The summed E-state index contributed by atoms with van der Waals surface area (Å²) in [5.74, 6) is 0.00471. The van der Waals surface area contributed by atoms with Crippen molar-refractivity contribution in [3.05, 3.63) is 63.2 Å². The number of phenolic OH excluding ortho intramolecular Hbond substituents is 1. The Hall–Kier alpha value is -3.91. The molecule has 0 radical (unpaired) electrons. The van der Waals surface area contributed by atoms with Gasteiger partial charge in [-0.2, -0.15) is 15.6 Å². The highest BCUT2D eigenvalue weighted by atomic mass is 16.6. The monoisotopic (exact) mass is 307 g/mol. The summed E-state index contributed by atoms with van der Waals surface area (Å²) in [6, 6.07) is 12.1. The number of nitro benzene ring substituents is 1. The molecule has 0 aromatic heterocycles. The maximum Gasteiger partial charge on any atom is 0.295 e. The van der Waals surface area contributed by atoms with Crippen LogP contribution in [0.4, 0.5) is 11.4 Å². The Morgan fingerprint density at radius 3 is 2.48 bits per heavy atom. The average Bonchev–Trinajstić information content (AvgIpc) is 2.55. The molecule has 0 amide bonds. The van der Waals surface area contributed by atoms with Crippen molar-refractivity contribution in [1.82, 2.24) is 0 Å². The van der Waals surface area contributed by atoms with Crippen molar-refractivity contribution in [2.45, 2.75) is 0 Å². The molecule has 0 aliphatic heterocycles. The molecule has 23 heavy (non-hydrogen) atoms. The number of para-hydroxylation sites is 1. The molecule has 2 aromatic rings. The van der Waals surface area contributed by atoms with Crippen LogP contribution in [0.15, 0.2) is 41.5 Å². The molecule has 2 rings (SSSR count). The summed E-state index contributed by atoms with van der Waals surface area (Å²) in [6.07, 6.45) is 1.28. The highest BCUT2D eigenvalue weighted by molar-refractivity contribution is 5.84. The van der Waals surface area contributed by atoms with E-state index in [9.17, 15) is 15.2 Å². The maximum absolute atomic E-state index is 11.1. The SMILES string of the molecule is N#Cc1cc(NN=Cc2ccccc2O)c([N+](=O)[O-])cc1C#N. The lowest BCUT2D eigenvalue weighted by Gasteiger charge is -2.04. The van der Waals surface area contributed by atoms with Gasteiger partial charge in [0.25, 0.3) is 5.69 Å². The molecule has 112 valence electrons. The number of phenols is 1. The van der Waals surface area contributed by atoms with Crippen molar-refractivity contribution in [2.24, 2.45) is 5.10 Å². The predicted molar refractivity (Wildman–Crippen MR) is 81.8 cm³/mol. The van der Waals surface area contributed by atoms with E-state index < -0.39 is 4.92 Å². The average molecular weight is 307 g/mol. The summed E-state index contributed by atoms with van der Waals surface area (Å²) in [5, 5.41) is 42.3. The second kappa shape index (κ2) is 6.70. The van der Waals surface area contributed by atoms with Gasteiger partial charge in [0.05, 0.1) is 22.3 Å². The zero-order chi connectivity index (χ0) is 16.8. The third kappa shape index (κ3) is 3.40. The Labute approximate surface area is 130 Å². The van der Waals surface area contributed by atoms with Crippen LogP contribution in [0.2, 0.25) is 0 Å². The van der Waals surface area contributed by atoms with Crippen LogP contribution in [-0.4, -0.2) is 16.2 Å². The van der Waals surface area contributed by atoms with E-state index in [4.69, 9.17) is 10.5 Å². The highest BCUT2D eigenvalue weighted by Crippen LogP contribution is 2.28. The normalized spacial score (nSPS) is 10.0. The lowest BCUT2D eigenvalue weighted by atomic mass is 10.1. The topological polar surface area (TPSA) is 135 Å². The molecule has 0 saturated heterocycles. The minimum absolute atomic E-state index is 0.00152. The van der Waals surface area contributed by atoms with Gasteiger partial charge in [-0.3, -0.25) is 15.5 Å². The van der Waals surface area contributed by atoms with Crippen molar-refractivity contribution in [3.8, 4) is 17.9 Å². The van der Waals surface area contributed by atoms with Crippen molar-refractivity contribution in [1.29, 1.82) is 10.5 Å². The van der Waals surface area contributed by atoms with E-state index in [1.165, 1.54) is 18.3 Å². The number of nitrogens with zero attached hydrogens (tertiary/aromatic N) is 4. The number of nitro groups is 1. The molecule has 0 unspecified atom stereocenters. The van der Waals surface area contributed by atoms with Gasteiger partial charge >= 0.3 is 0 Å². The smallest absolute Gasteiger partial charge is 0.295 e. The number of nitrogens with one attached hydrogen (secondary N) is 1. The standard InChI is InChI=1S/C15H9N5O3/c16-7-11-5-13(14(20(22)23)6-12(11)8-17)19-18-9-10-3-1-2-4-15(10)21/h1-6,9,19,21H. The minimum atomic E-state index is -0.681. The number of hydrogen-bond acceptors (Lipinski definition) is 7. The number of hydrazone groups is 1. The molecule has 2 aromatic carbocycles. The number of nitriles is 2. The van der Waals surface area contributed by atoms with Crippen LogP contribution in [0.3, 0.4) is 0 Å². The second-order valence-corrected chi connectivity index (χ2v) is 4.32. The molecule has 0 atom stereocenters. The van der Waals surface area contributed by atoms with E-state index in [1.807, 2.05) is 0 Å². The van der Waals surface area contributed by atoms with Crippen LogP contribution in [0.25, 0.3) is 0 Å². The maximum atomic E-state index is 11.1. The van der Waals surface area contributed by atoms with E-state index in [2.05, 4.69) is 10.5 Å². The van der Waals surface area contributed by atoms with E-state index in [-0.39, 0.29) is 28.3 Å². The predicted octanol–water partition coefficient (Wildman–Crippen LogP) is 2.49. The molecular weight excluding hydrogens is 298 g/mol. The molecule has 0 heterocycles. The number of anilines is 1. The van der Waals surface area contributed by atoms with Gasteiger partial charge in [-0.05, 0) is 18.2 Å². The Kier molecular flexibility index (Phi) is 4.51. The van der Waals surface area contributed by atoms with E-state index in [0.717, 1.165) is 6.07 Å². The Morgan fingerprint density at radius 2 is 1.87 bits per heavy atom. The molecule has 0 spiro atoms. The summed E-state index contributed by atoms with van der Waals surface area (Å²) in [5.41, 5.74) is 2.37. The molecule has 0 aliphatic carbocycles. The van der Waals surface area contributed by atoms with Gasteiger partial charge in [-0.25, -0.2) is 0 Å². The number of benzene rings is 2. The Balaban J connectivity index is 2.36. The van der Waals surface area contributed by atoms with Crippen LogP contribution in [-0.2, 0) is 0 Å². The van der Waals surface area contributed by atoms with Gasteiger partial charge in [0.15, 0.2) is 0 Å². The van der Waals surface area contributed by atoms with Crippen molar-refractivity contribution in [3.63, 3.8) is 0 Å².